The molecule has 4 rings (SSSR count). The highest BCUT2D eigenvalue weighted by atomic mass is 19.1. The van der Waals surface area contributed by atoms with Gasteiger partial charge in [0, 0.05) is 29.6 Å². The number of halogens is 2. The molecule has 1 aliphatic carbocycles. The molecule has 0 aromatic heterocycles. The summed E-state index contributed by atoms with van der Waals surface area (Å²) >= 11 is 0. The van der Waals surface area contributed by atoms with Crippen LogP contribution in [0.1, 0.15) is 29.4 Å². The van der Waals surface area contributed by atoms with E-state index in [-0.39, 0.29) is 18.0 Å². The van der Waals surface area contributed by atoms with Crippen LogP contribution < -0.4 is 4.90 Å². The van der Waals surface area contributed by atoms with Crippen molar-refractivity contribution in [2.75, 3.05) is 11.4 Å². The lowest BCUT2D eigenvalue weighted by Gasteiger charge is -2.17. The summed E-state index contributed by atoms with van der Waals surface area (Å²) in [5.74, 6) is -4.35. The quantitative estimate of drug-likeness (QED) is 0.930. The molecule has 1 N–H and O–H groups in total. The van der Waals surface area contributed by atoms with Gasteiger partial charge in [-0.1, -0.05) is 24.3 Å². The fraction of sp³-hybridized carbons (Fsp3) is 0.263. The summed E-state index contributed by atoms with van der Waals surface area (Å²) in [4.78, 5) is 25.7. The van der Waals surface area contributed by atoms with E-state index in [1.54, 1.807) is 24.3 Å². The van der Waals surface area contributed by atoms with Crippen molar-refractivity contribution in [3.63, 3.8) is 0 Å². The zero-order valence-electron chi connectivity index (χ0n) is 13.2. The van der Waals surface area contributed by atoms with Gasteiger partial charge in [-0.15, -0.1) is 0 Å². The van der Waals surface area contributed by atoms with Crippen molar-refractivity contribution in [2.45, 2.75) is 18.3 Å². The van der Waals surface area contributed by atoms with E-state index in [0.29, 0.717) is 17.7 Å². The highest BCUT2D eigenvalue weighted by Gasteiger charge is 2.50. The molecule has 0 bridgehead atoms. The van der Waals surface area contributed by atoms with Gasteiger partial charge >= 0.3 is 5.97 Å². The normalized spacial score (nSPS) is 24.1. The third-order valence-electron chi connectivity index (χ3n) is 5.01. The molecule has 0 radical (unpaired) electrons. The largest absolute Gasteiger partial charge is 0.481 e. The number of fused-ring (bicyclic) bond motifs is 1. The second-order valence-corrected chi connectivity index (χ2v) is 6.48. The van der Waals surface area contributed by atoms with E-state index in [1.807, 2.05) is 0 Å². The number of rotatable bonds is 3. The molecule has 1 aliphatic heterocycles. The number of carboxylic acids is 1. The van der Waals surface area contributed by atoms with Gasteiger partial charge < -0.3 is 10.0 Å². The Morgan fingerprint density at radius 3 is 2.40 bits per heavy atom. The summed E-state index contributed by atoms with van der Waals surface area (Å²) in [6.07, 6.45) is 0.368. The highest BCUT2D eigenvalue weighted by Crippen LogP contribution is 2.51. The summed E-state index contributed by atoms with van der Waals surface area (Å²) < 4.78 is 27.8. The van der Waals surface area contributed by atoms with Crippen LogP contribution in [0.25, 0.3) is 0 Å². The second kappa shape index (κ2) is 5.65. The first-order valence-electron chi connectivity index (χ1n) is 8.06. The van der Waals surface area contributed by atoms with Crippen LogP contribution in [-0.2, 0) is 9.59 Å². The molecule has 1 amide bonds. The Kier molecular flexibility index (Phi) is 3.56. The van der Waals surface area contributed by atoms with Gasteiger partial charge in [0.1, 0.15) is 17.6 Å². The van der Waals surface area contributed by atoms with Crippen molar-refractivity contribution in [2.24, 2.45) is 5.92 Å². The second-order valence-electron chi connectivity index (χ2n) is 6.48. The van der Waals surface area contributed by atoms with E-state index >= 15 is 0 Å². The van der Waals surface area contributed by atoms with Gasteiger partial charge in [0.15, 0.2) is 0 Å². The van der Waals surface area contributed by atoms with Crippen LogP contribution in [0.2, 0.25) is 0 Å². The average molecular weight is 343 g/mol. The molecule has 4 nitrogen and oxygen atoms in total. The molecule has 3 atom stereocenters. The fourth-order valence-corrected chi connectivity index (χ4v) is 3.68. The van der Waals surface area contributed by atoms with Gasteiger partial charge in [0.25, 0.3) is 0 Å². The number of carboxylic acid groups (broad SMARTS) is 1. The lowest BCUT2D eigenvalue weighted by atomic mass is 10.0. The number of amides is 1. The molecule has 0 unspecified atom stereocenters. The van der Waals surface area contributed by atoms with Crippen LogP contribution in [0, 0.1) is 17.6 Å². The van der Waals surface area contributed by atoms with Crippen LogP contribution >= 0.6 is 0 Å². The maximum atomic E-state index is 13.9. The molecule has 2 aliphatic rings. The predicted octanol–water partition coefficient (Wildman–Crippen LogP) is 3.28. The van der Waals surface area contributed by atoms with Crippen LogP contribution in [0.15, 0.2) is 42.5 Å². The predicted molar refractivity (Wildman–Crippen MR) is 86.4 cm³/mol. The molecule has 6 heteroatoms. The standard InChI is InChI=1S/C19H15F2NO3/c20-14-5-3-6-15(21)17(14)11-8-12(11)18(23)22-9-13(19(24)25)10-4-1-2-7-16(10)22/h1-7,11-13H,8-9H2,(H,24,25)/t11-,12-,13-/m1/s1. The number of benzene rings is 2. The number of anilines is 1. The topological polar surface area (TPSA) is 57.6 Å². The Morgan fingerprint density at radius 2 is 1.72 bits per heavy atom. The molecule has 128 valence electrons. The SMILES string of the molecule is O=C(O)[C@@H]1CN(C(=O)[C@@H]2C[C@H]2c2c(F)cccc2F)c2ccccc21. The van der Waals surface area contributed by atoms with Crippen molar-refractivity contribution in [1.29, 1.82) is 0 Å². The summed E-state index contributed by atoms with van der Waals surface area (Å²) in [5, 5.41) is 9.38. The maximum Gasteiger partial charge on any atom is 0.312 e. The van der Waals surface area contributed by atoms with Crippen molar-refractivity contribution in [3.8, 4) is 0 Å². The molecule has 0 spiro atoms. The zero-order chi connectivity index (χ0) is 17.7. The van der Waals surface area contributed by atoms with E-state index in [2.05, 4.69) is 0 Å². The molecular weight excluding hydrogens is 328 g/mol. The van der Waals surface area contributed by atoms with Gasteiger partial charge in [-0.25, -0.2) is 8.78 Å². The minimum atomic E-state index is -0.991. The number of hydrogen-bond donors (Lipinski definition) is 1. The van der Waals surface area contributed by atoms with Gasteiger partial charge in [0.05, 0.1) is 0 Å². The Morgan fingerprint density at radius 1 is 1.04 bits per heavy atom. The number of nitrogens with zero attached hydrogens (tertiary/aromatic N) is 1. The van der Waals surface area contributed by atoms with Crippen molar-refractivity contribution >= 4 is 17.6 Å². The summed E-state index contributed by atoms with van der Waals surface area (Å²) in [6, 6.07) is 10.5. The minimum Gasteiger partial charge on any atom is -0.481 e. The van der Waals surface area contributed by atoms with Gasteiger partial charge in [-0.05, 0) is 30.2 Å². The van der Waals surface area contributed by atoms with Crippen molar-refractivity contribution in [3.05, 3.63) is 65.2 Å². The first-order chi connectivity index (χ1) is 12.0. The number of hydrogen-bond acceptors (Lipinski definition) is 2. The highest BCUT2D eigenvalue weighted by molar-refractivity contribution is 6.01. The van der Waals surface area contributed by atoms with Crippen molar-refractivity contribution < 1.29 is 23.5 Å². The zero-order valence-corrected chi connectivity index (χ0v) is 13.2. The molecular formula is C19H15F2NO3. The summed E-state index contributed by atoms with van der Waals surface area (Å²) in [7, 11) is 0. The van der Waals surface area contributed by atoms with E-state index in [4.69, 9.17) is 0 Å². The van der Waals surface area contributed by atoms with Crippen LogP contribution in [-0.4, -0.2) is 23.5 Å². The number of aliphatic carboxylic acids is 1. The van der Waals surface area contributed by atoms with Crippen LogP contribution in [0.5, 0.6) is 0 Å². The smallest absolute Gasteiger partial charge is 0.312 e. The van der Waals surface area contributed by atoms with Crippen molar-refractivity contribution in [1.82, 2.24) is 0 Å². The molecule has 2 aromatic rings. The van der Waals surface area contributed by atoms with Crippen LogP contribution in [0.4, 0.5) is 14.5 Å². The van der Waals surface area contributed by atoms with E-state index in [9.17, 15) is 23.5 Å². The van der Waals surface area contributed by atoms with E-state index in [1.165, 1.54) is 23.1 Å². The number of carbonyl (C=O) groups is 2. The minimum absolute atomic E-state index is 0.0521. The Hall–Kier alpha value is -2.76. The Balaban J connectivity index is 1.60. The lowest BCUT2D eigenvalue weighted by Crippen LogP contribution is -2.32. The monoisotopic (exact) mass is 343 g/mol. The molecule has 25 heavy (non-hydrogen) atoms. The first kappa shape index (κ1) is 15.7. The molecule has 2 aromatic carbocycles. The maximum absolute atomic E-state index is 13.9. The van der Waals surface area contributed by atoms with Gasteiger partial charge in [-0.3, -0.25) is 9.59 Å². The summed E-state index contributed by atoms with van der Waals surface area (Å²) in [5.41, 5.74) is 1.11. The molecule has 0 saturated heterocycles. The number of carbonyl (C=O) groups excluding carboxylic acids is 1. The molecule has 1 heterocycles. The Bertz CT molecular complexity index is 862. The van der Waals surface area contributed by atoms with E-state index < -0.39 is 35.4 Å². The lowest BCUT2D eigenvalue weighted by molar-refractivity contribution is -0.138. The van der Waals surface area contributed by atoms with Crippen LogP contribution in [0.3, 0.4) is 0 Å². The fourth-order valence-electron chi connectivity index (χ4n) is 3.68. The first-order valence-corrected chi connectivity index (χ1v) is 8.06. The third kappa shape index (κ3) is 2.49. The number of para-hydroxylation sites is 1. The average Bonchev–Trinajstić information content (AvgIpc) is 3.26. The Labute approximate surface area is 142 Å². The molecule has 1 saturated carbocycles. The van der Waals surface area contributed by atoms with E-state index in [0.717, 1.165) is 0 Å². The summed E-state index contributed by atoms with van der Waals surface area (Å²) in [6.45, 7) is 0.0521. The third-order valence-corrected chi connectivity index (χ3v) is 5.01. The van der Waals surface area contributed by atoms with Gasteiger partial charge in [-0.2, -0.15) is 0 Å². The van der Waals surface area contributed by atoms with Gasteiger partial charge in [0.2, 0.25) is 5.91 Å². The molecule has 1 fully saturated rings.